The highest BCUT2D eigenvalue weighted by atomic mass is 16.3. The summed E-state index contributed by atoms with van der Waals surface area (Å²) in [7, 11) is 0. The molecular weight excluding hydrogens is 236 g/mol. The lowest BCUT2D eigenvalue weighted by Gasteiger charge is -2.36. The van der Waals surface area contributed by atoms with Crippen LogP contribution < -0.4 is 0 Å². The number of hydrogen-bond acceptors (Lipinski definition) is 2. The van der Waals surface area contributed by atoms with Crippen molar-refractivity contribution in [2.75, 3.05) is 0 Å². The van der Waals surface area contributed by atoms with Crippen molar-refractivity contribution in [3.8, 4) is 0 Å². The monoisotopic (exact) mass is 272 g/mol. The molecule has 3 atom stereocenters. The van der Waals surface area contributed by atoms with Crippen LogP contribution in [0, 0.1) is 5.92 Å². The predicted octanol–water partition coefficient (Wildman–Crippen LogP) is 4.68. The molecule has 19 heavy (non-hydrogen) atoms. The third kappa shape index (κ3) is 7.31. The van der Waals surface area contributed by atoms with Gasteiger partial charge in [-0.1, -0.05) is 53.4 Å². The molecule has 0 aromatic rings. The Labute approximate surface area is 120 Å². The number of unbranched alkanes of at least 4 members (excludes halogenated alkanes) is 2. The average molecular weight is 272 g/mol. The predicted molar refractivity (Wildman–Crippen MR) is 83.3 cm³/mol. The maximum absolute atomic E-state index is 10.9. The first-order valence-corrected chi connectivity index (χ1v) is 8.44. The van der Waals surface area contributed by atoms with Crippen LogP contribution in [0.25, 0.3) is 0 Å². The van der Waals surface area contributed by atoms with Gasteiger partial charge in [-0.3, -0.25) is 0 Å². The van der Waals surface area contributed by atoms with Gasteiger partial charge in [0.1, 0.15) is 0 Å². The van der Waals surface area contributed by atoms with Gasteiger partial charge in [0.25, 0.3) is 0 Å². The molecule has 0 aliphatic rings. The molecule has 0 aliphatic carbocycles. The van der Waals surface area contributed by atoms with Crippen molar-refractivity contribution in [2.45, 2.75) is 104 Å². The summed E-state index contributed by atoms with van der Waals surface area (Å²) in [6.45, 7) is 8.51. The lowest BCUT2D eigenvalue weighted by molar-refractivity contribution is -0.0428. The van der Waals surface area contributed by atoms with Gasteiger partial charge in [0, 0.05) is 0 Å². The first-order valence-electron chi connectivity index (χ1n) is 8.44. The van der Waals surface area contributed by atoms with Crippen LogP contribution in [-0.2, 0) is 0 Å². The molecular formula is C17H36O2. The normalized spacial score (nSPS) is 18.0. The van der Waals surface area contributed by atoms with Crippen LogP contribution >= 0.6 is 0 Å². The summed E-state index contributed by atoms with van der Waals surface area (Å²) < 4.78 is 0. The zero-order valence-electron chi connectivity index (χ0n) is 13.6. The van der Waals surface area contributed by atoms with Crippen molar-refractivity contribution in [3.05, 3.63) is 0 Å². The van der Waals surface area contributed by atoms with Crippen LogP contribution in [-0.4, -0.2) is 21.9 Å². The smallest absolute Gasteiger partial charge is 0.0673 e. The van der Waals surface area contributed by atoms with Gasteiger partial charge in [-0.05, 0) is 44.4 Å². The van der Waals surface area contributed by atoms with Gasteiger partial charge in [-0.2, -0.15) is 0 Å². The van der Waals surface area contributed by atoms with Gasteiger partial charge >= 0.3 is 0 Å². The Bertz CT molecular complexity index is 205. The Morgan fingerprint density at radius 3 is 2.00 bits per heavy atom. The molecule has 0 bridgehead atoms. The summed E-state index contributed by atoms with van der Waals surface area (Å²) in [6, 6.07) is 0. The third-order valence-corrected chi connectivity index (χ3v) is 4.56. The Balaban J connectivity index is 4.56. The van der Waals surface area contributed by atoms with Gasteiger partial charge in [0.15, 0.2) is 0 Å². The van der Waals surface area contributed by atoms with Crippen molar-refractivity contribution in [1.82, 2.24) is 0 Å². The van der Waals surface area contributed by atoms with E-state index < -0.39 is 5.60 Å². The molecule has 2 N–H and O–H groups in total. The Morgan fingerprint density at radius 1 is 0.895 bits per heavy atom. The minimum absolute atomic E-state index is 0.198. The van der Waals surface area contributed by atoms with Crippen molar-refractivity contribution >= 4 is 0 Å². The van der Waals surface area contributed by atoms with E-state index in [4.69, 9.17) is 0 Å². The van der Waals surface area contributed by atoms with E-state index in [1.807, 2.05) is 6.92 Å². The molecule has 0 rings (SSSR count). The Morgan fingerprint density at radius 2 is 1.53 bits per heavy atom. The van der Waals surface area contributed by atoms with Gasteiger partial charge in [0.2, 0.25) is 0 Å². The van der Waals surface area contributed by atoms with E-state index in [0.29, 0.717) is 5.92 Å². The molecule has 0 spiro atoms. The molecule has 0 saturated carbocycles. The van der Waals surface area contributed by atoms with Gasteiger partial charge in [0.05, 0.1) is 11.7 Å². The minimum Gasteiger partial charge on any atom is -0.393 e. The maximum atomic E-state index is 10.9. The lowest BCUT2D eigenvalue weighted by atomic mass is 9.75. The molecule has 0 amide bonds. The summed E-state index contributed by atoms with van der Waals surface area (Å²) in [5, 5.41) is 20.7. The number of rotatable bonds is 12. The SMILES string of the molecule is CCCCC(CCC(O)CC)C(O)(CC)CCCC. The van der Waals surface area contributed by atoms with E-state index in [9.17, 15) is 10.2 Å². The Kier molecular flexibility index (Phi) is 10.6. The van der Waals surface area contributed by atoms with E-state index in [-0.39, 0.29) is 6.10 Å². The number of hydrogen-bond donors (Lipinski definition) is 2. The molecule has 3 unspecified atom stereocenters. The van der Waals surface area contributed by atoms with Gasteiger partial charge < -0.3 is 10.2 Å². The zero-order chi connectivity index (χ0) is 14.7. The molecule has 0 fully saturated rings. The van der Waals surface area contributed by atoms with Gasteiger partial charge in [-0.15, -0.1) is 0 Å². The Hall–Kier alpha value is -0.0800. The number of aliphatic hydroxyl groups excluding tert-OH is 1. The fraction of sp³-hybridized carbons (Fsp3) is 1.00. The second kappa shape index (κ2) is 10.7. The van der Waals surface area contributed by atoms with Crippen LogP contribution in [0.15, 0.2) is 0 Å². The largest absolute Gasteiger partial charge is 0.393 e. The first kappa shape index (κ1) is 18.9. The summed E-state index contributed by atoms with van der Waals surface area (Å²) in [5.74, 6) is 0.352. The average Bonchev–Trinajstić information content (AvgIpc) is 2.44. The second-order valence-electron chi connectivity index (χ2n) is 6.04. The van der Waals surface area contributed by atoms with Crippen molar-refractivity contribution in [3.63, 3.8) is 0 Å². The molecule has 0 aliphatic heterocycles. The quantitative estimate of drug-likeness (QED) is 0.542. The fourth-order valence-electron chi connectivity index (χ4n) is 2.88. The second-order valence-corrected chi connectivity index (χ2v) is 6.04. The van der Waals surface area contributed by atoms with E-state index in [2.05, 4.69) is 20.8 Å². The zero-order valence-corrected chi connectivity index (χ0v) is 13.6. The van der Waals surface area contributed by atoms with Crippen LogP contribution in [0.1, 0.15) is 91.9 Å². The molecule has 0 aromatic heterocycles. The minimum atomic E-state index is -0.515. The van der Waals surface area contributed by atoms with Gasteiger partial charge in [-0.25, -0.2) is 0 Å². The summed E-state index contributed by atoms with van der Waals surface area (Å²) in [5.41, 5.74) is -0.515. The van der Waals surface area contributed by atoms with E-state index >= 15 is 0 Å². The first-order chi connectivity index (χ1) is 9.03. The topological polar surface area (TPSA) is 40.5 Å². The summed E-state index contributed by atoms with van der Waals surface area (Å²) in [6.07, 6.45) is 9.87. The third-order valence-electron chi connectivity index (χ3n) is 4.56. The van der Waals surface area contributed by atoms with Crippen LogP contribution in [0.4, 0.5) is 0 Å². The van der Waals surface area contributed by atoms with Crippen molar-refractivity contribution in [1.29, 1.82) is 0 Å². The molecule has 0 radical (unpaired) electrons. The van der Waals surface area contributed by atoms with E-state index in [1.165, 1.54) is 12.8 Å². The molecule has 116 valence electrons. The van der Waals surface area contributed by atoms with Crippen LogP contribution in [0.5, 0.6) is 0 Å². The molecule has 0 saturated heterocycles. The highest BCUT2D eigenvalue weighted by Gasteiger charge is 2.33. The van der Waals surface area contributed by atoms with Crippen LogP contribution in [0.3, 0.4) is 0 Å². The number of aliphatic hydroxyl groups is 2. The molecule has 2 nitrogen and oxygen atoms in total. The lowest BCUT2D eigenvalue weighted by Crippen LogP contribution is -2.38. The summed E-state index contributed by atoms with van der Waals surface area (Å²) in [4.78, 5) is 0. The van der Waals surface area contributed by atoms with E-state index in [1.54, 1.807) is 0 Å². The standard InChI is InChI=1S/C17H36O2/c1-5-9-11-15(12-13-16(18)7-3)17(19,8-4)14-10-6-2/h15-16,18-19H,5-14H2,1-4H3. The molecule has 0 aromatic carbocycles. The van der Waals surface area contributed by atoms with Crippen molar-refractivity contribution < 1.29 is 10.2 Å². The maximum Gasteiger partial charge on any atom is 0.0673 e. The van der Waals surface area contributed by atoms with E-state index in [0.717, 1.165) is 51.4 Å². The highest BCUT2D eigenvalue weighted by molar-refractivity contribution is 4.85. The fourth-order valence-corrected chi connectivity index (χ4v) is 2.88. The van der Waals surface area contributed by atoms with Crippen molar-refractivity contribution in [2.24, 2.45) is 5.92 Å². The van der Waals surface area contributed by atoms with Crippen LogP contribution in [0.2, 0.25) is 0 Å². The molecule has 2 heteroatoms. The highest BCUT2D eigenvalue weighted by Crippen LogP contribution is 2.35. The summed E-state index contributed by atoms with van der Waals surface area (Å²) >= 11 is 0. The molecule has 0 heterocycles.